The molecule has 1 fully saturated rings. The van der Waals surface area contributed by atoms with Crippen molar-refractivity contribution in [2.24, 2.45) is 0 Å². The molecule has 5 rings (SSSR count). The predicted octanol–water partition coefficient (Wildman–Crippen LogP) is 5.85. The number of carbonyl (C=O) groups excluding carboxylic acids is 2. The summed E-state index contributed by atoms with van der Waals surface area (Å²) in [7, 11) is 1.49. The Bertz CT molecular complexity index is 1510. The topological polar surface area (TPSA) is 94.7 Å². The number of thioether (sulfide) groups is 1. The molecule has 0 atom stereocenters. The highest BCUT2D eigenvalue weighted by atomic mass is 32.2. The third kappa shape index (κ3) is 4.17. The molecule has 35 heavy (non-hydrogen) atoms. The molecular weight excluding hydrogens is 466 g/mol. The molecule has 0 N–H and O–H groups in total. The van der Waals surface area contributed by atoms with Crippen LogP contribution in [0.3, 0.4) is 0 Å². The van der Waals surface area contributed by atoms with Gasteiger partial charge in [0.25, 0.3) is 16.8 Å². The van der Waals surface area contributed by atoms with E-state index in [2.05, 4.69) is 0 Å². The fraction of sp³-hybridized carbons (Fsp3) is 0.0769. The number of non-ortho nitro benzene ring substituents is 1. The molecule has 1 aliphatic heterocycles. The lowest BCUT2D eigenvalue weighted by molar-refractivity contribution is -0.384. The van der Waals surface area contributed by atoms with Gasteiger partial charge < -0.3 is 9.30 Å². The average molecular weight is 486 g/mol. The number of ether oxygens (including phenoxy) is 1. The van der Waals surface area contributed by atoms with E-state index in [9.17, 15) is 19.7 Å². The summed E-state index contributed by atoms with van der Waals surface area (Å²) >= 11 is 0.887. The van der Waals surface area contributed by atoms with Crippen LogP contribution in [0.5, 0.6) is 5.75 Å². The molecule has 2 heterocycles. The number of hydrogen-bond donors (Lipinski definition) is 0. The monoisotopic (exact) mass is 485 g/mol. The number of hydrogen-bond acceptors (Lipinski definition) is 6. The van der Waals surface area contributed by atoms with Gasteiger partial charge in [0.2, 0.25) is 0 Å². The number of amides is 2. The summed E-state index contributed by atoms with van der Waals surface area (Å²) in [6.45, 7) is 0.495. The first kappa shape index (κ1) is 22.4. The predicted molar refractivity (Wildman–Crippen MR) is 136 cm³/mol. The van der Waals surface area contributed by atoms with Crippen LogP contribution in [0.25, 0.3) is 17.0 Å². The van der Waals surface area contributed by atoms with Gasteiger partial charge >= 0.3 is 0 Å². The molecule has 0 aliphatic carbocycles. The minimum atomic E-state index is -0.426. The summed E-state index contributed by atoms with van der Waals surface area (Å²) in [6.07, 6.45) is 3.65. The van der Waals surface area contributed by atoms with E-state index in [1.165, 1.54) is 19.2 Å². The van der Waals surface area contributed by atoms with Crippen molar-refractivity contribution in [2.75, 3.05) is 12.0 Å². The van der Waals surface area contributed by atoms with Gasteiger partial charge in [-0.25, -0.2) is 4.90 Å². The van der Waals surface area contributed by atoms with E-state index in [-0.39, 0.29) is 10.9 Å². The van der Waals surface area contributed by atoms with Gasteiger partial charge in [-0.05, 0) is 41.6 Å². The molecule has 1 aliphatic rings. The van der Waals surface area contributed by atoms with E-state index >= 15 is 0 Å². The standard InChI is InChI=1S/C26H19N3O5S/c1-34-23-9-5-4-8-22(23)28-25(30)24(35-26(28)31)14-18-16-27(21-7-3-2-6-20(18)21)15-17-10-12-19(13-11-17)29(32)33/h2-14,16H,15H2,1H3/b24-14-. The SMILES string of the molecule is COc1ccccc1N1C(=O)S/C(=C\c2cn(Cc3ccc([N+](=O)[O-])cc3)c3ccccc23)C1=O. The first-order valence-corrected chi connectivity index (χ1v) is 11.5. The van der Waals surface area contributed by atoms with Crippen LogP contribution < -0.4 is 9.64 Å². The third-order valence-corrected chi connectivity index (χ3v) is 6.60. The molecule has 8 nitrogen and oxygen atoms in total. The Balaban J connectivity index is 1.50. The summed E-state index contributed by atoms with van der Waals surface area (Å²) in [5.41, 5.74) is 3.09. The summed E-state index contributed by atoms with van der Waals surface area (Å²) < 4.78 is 7.35. The fourth-order valence-electron chi connectivity index (χ4n) is 4.07. The summed E-state index contributed by atoms with van der Waals surface area (Å²) in [4.78, 5) is 37.9. The minimum Gasteiger partial charge on any atom is -0.495 e. The Labute approximate surface area is 204 Å². The molecule has 0 saturated carbocycles. The van der Waals surface area contributed by atoms with E-state index in [0.29, 0.717) is 22.9 Å². The average Bonchev–Trinajstić information content (AvgIpc) is 3.35. The highest BCUT2D eigenvalue weighted by Crippen LogP contribution is 2.40. The van der Waals surface area contributed by atoms with Crippen LogP contribution in [-0.2, 0) is 11.3 Å². The Hall–Kier alpha value is -4.37. The Morgan fingerprint density at radius 2 is 1.71 bits per heavy atom. The van der Waals surface area contributed by atoms with Crippen molar-refractivity contribution >= 4 is 51.3 Å². The molecule has 1 saturated heterocycles. The van der Waals surface area contributed by atoms with E-state index in [1.54, 1.807) is 42.5 Å². The number of benzene rings is 3. The van der Waals surface area contributed by atoms with Gasteiger partial charge in [-0.15, -0.1) is 0 Å². The molecule has 0 unspecified atom stereocenters. The van der Waals surface area contributed by atoms with Gasteiger partial charge in [-0.3, -0.25) is 19.7 Å². The largest absolute Gasteiger partial charge is 0.495 e. The number of anilines is 1. The summed E-state index contributed by atoms with van der Waals surface area (Å²) in [5, 5.41) is 11.5. The number of fused-ring (bicyclic) bond motifs is 1. The smallest absolute Gasteiger partial charge is 0.298 e. The highest BCUT2D eigenvalue weighted by molar-refractivity contribution is 8.19. The number of imide groups is 1. The Kier molecular flexibility index (Phi) is 5.84. The molecule has 174 valence electrons. The van der Waals surface area contributed by atoms with Gasteiger partial charge in [-0.1, -0.05) is 42.5 Å². The maximum absolute atomic E-state index is 13.2. The van der Waals surface area contributed by atoms with Gasteiger partial charge in [0.05, 0.1) is 22.6 Å². The summed E-state index contributed by atoms with van der Waals surface area (Å²) in [5.74, 6) is 0.0347. The molecule has 0 bridgehead atoms. The molecule has 0 radical (unpaired) electrons. The van der Waals surface area contributed by atoms with Crippen molar-refractivity contribution in [1.29, 1.82) is 0 Å². The number of para-hydroxylation sites is 3. The van der Waals surface area contributed by atoms with Gasteiger partial charge in [-0.2, -0.15) is 0 Å². The van der Waals surface area contributed by atoms with E-state index in [1.807, 2.05) is 35.0 Å². The molecule has 3 aromatic carbocycles. The van der Waals surface area contributed by atoms with Gasteiger partial charge in [0.1, 0.15) is 5.75 Å². The van der Waals surface area contributed by atoms with Crippen LogP contribution in [0.4, 0.5) is 16.2 Å². The van der Waals surface area contributed by atoms with Crippen molar-refractivity contribution in [3.05, 3.63) is 105 Å². The van der Waals surface area contributed by atoms with Crippen LogP contribution >= 0.6 is 11.8 Å². The number of carbonyl (C=O) groups is 2. The normalized spacial score (nSPS) is 14.8. The first-order valence-electron chi connectivity index (χ1n) is 10.7. The quantitative estimate of drug-likeness (QED) is 0.193. The van der Waals surface area contributed by atoms with E-state index in [4.69, 9.17) is 4.74 Å². The zero-order valence-corrected chi connectivity index (χ0v) is 19.4. The number of nitrogens with zero attached hydrogens (tertiary/aromatic N) is 3. The van der Waals surface area contributed by atoms with E-state index < -0.39 is 10.8 Å². The molecule has 4 aromatic rings. The zero-order chi connectivity index (χ0) is 24.5. The maximum Gasteiger partial charge on any atom is 0.298 e. The molecular formula is C26H19N3O5S. The highest BCUT2D eigenvalue weighted by Gasteiger charge is 2.37. The minimum absolute atomic E-state index is 0.0394. The second-order valence-electron chi connectivity index (χ2n) is 7.84. The lowest BCUT2D eigenvalue weighted by Crippen LogP contribution is -2.28. The van der Waals surface area contributed by atoms with Gasteiger partial charge in [0.15, 0.2) is 0 Å². The van der Waals surface area contributed by atoms with Gasteiger partial charge in [0, 0.05) is 41.3 Å². The molecule has 9 heteroatoms. The summed E-state index contributed by atoms with van der Waals surface area (Å²) in [6, 6.07) is 21.1. The van der Waals surface area contributed by atoms with Crippen molar-refractivity contribution in [2.45, 2.75) is 6.54 Å². The molecule has 0 spiro atoms. The van der Waals surface area contributed by atoms with E-state index in [0.717, 1.165) is 38.7 Å². The number of aromatic nitrogens is 1. The van der Waals surface area contributed by atoms with Crippen LogP contribution in [-0.4, -0.2) is 27.7 Å². The molecule has 2 amide bonds. The maximum atomic E-state index is 13.2. The molecule has 1 aromatic heterocycles. The zero-order valence-electron chi connectivity index (χ0n) is 18.6. The Morgan fingerprint density at radius 1 is 1.00 bits per heavy atom. The number of methoxy groups -OCH3 is 1. The fourth-order valence-corrected chi connectivity index (χ4v) is 4.90. The number of nitro groups is 1. The third-order valence-electron chi connectivity index (χ3n) is 5.73. The van der Waals surface area contributed by atoms with Crippen LogP contribution in [0.15, 0.2) is 83.9 Å². The number of nitro benzene ring substituents is 1. The van der Waals surface area contributed by atoms with Crippen LogP contribution in [0.2, 0.25) is 0 Å². The lowest BCUT2D eigenvalue weighted by atomic mass is 10.1. The Morgan fingerprint density at radius 3 is 2.46 bits per heavy atom. The first-order chi connectivity index (χ1) is 17.0. The second-order valence-corrected chi connectivity index (χ2v) is 8.84. The lowest BCUT2D eigenvalue weighted by Gasteiger charge is -2.15. The van der Waals surface area contributed by atoms with Crippen molar-refractivity contribution in [3.8, 4) is 5.75 Å². The van der Waals surface area contributed by atoms with Crippen LogP contribution in [0.1, 0.15) is 11.1 Å². The second kappa shape index (κ2) is 9.11. The van der Waals surface area contributed by atoms with Crippen molar-refractivity contribution < 1.29 is 19.2 Å². The van der Waals surface area contributed by atoms with Crippen LogP contribution in [0, 0.1) is 10.1 Å². The van der Waals surface area contributed by atoms with Crippen molar-refractivity contribution in [1.82, 2.24) is 4.57 Å². The number of rotatable bonds is 6. The van der Waals surface area contributed by atoms with Crippen molar-refractivity contribution in [3.63, 3.8) is 0 Å².